The number of hydrogen-bond donors (Lipinski definition) is 1. The fraction of sp³-hybridized carbons (Fsp3) is 0.471. The normalized spacial score (nSPS) is 12.5. The summed E-state index contributed by atoms with van der Waals surface area (Å²) < 4.78 is 0. The number of hydrogen-bond acceptors (Lipinski definition) is 3. The second-order valence-corrected chi connectivity index (χ2v) is 6.96. The minimum absolute atomic E-state index is 0.486. The van der Waals surface area contributed by atoms with Crippen LogP contribution in [0.25, 0.3) is 0 Å². The van der Waals surface area contributed by atoms with Crippen molar-refractivity contribution in [3.8, 4) is 0 Å². The Morgan fingerprint density at radius 3 is 2.20 bits per heavy atom. The van der Waals surface area contributed by atoms with Gasteiger partial charge in [0.25, 0.3) is 0 Å². The van der Waals surface area contributed by atoms with E-state index in [2.05, 4.69) is 64.0 Å². The van der Waals surface area contributed by atoms with Gasteiger partial charge in [0.05, 0.1) is 5.69 Å². The van der Waals surface area contributed by atoms with Gasteiger partial charge in [-0.25, -0.2) is 4.98 Å². The fourth-order valence-corrected chi connectivity index (χ4v) is 3.68. The minimum Gasteiger partial charge on any atom is -0.361 e. The van der Waals surface area contributed by atoms with Crippen molar-refractivity contribution in [2.45, 2.75) is 47.5 Å². The van der Waals surface area contributed by atoms with Crippen molar-refractivity contribution < 1.29 is 0 Å². The Morgan fingerprint density at radius 2 is 1.70 bits per heavy atom. The molecule has 0 saturated carbocycles. The van der Waals surface area contributed by atoms with Crippen molar-refractivity contribution in [3.63, 3.8) is 0 Å². The molecule has 20 heavy (non-hydrogen) atoms. The van der Waals surface area contributed by atoms with Gasteiger partial charge < -0.3 is 5.32 Å². The van der Waals surface area contributed by atoms with Gasteiger partial charge in [-0.05, 0) is 57.2 Å². The molecule has 1 aromatic heterocycles. The summed E-state index contributed by atoms with van der Waals surface area (Å²) in [6, 6.07) is 4.55. The predicted molar refractivity (Wildman–Crippen MR) is 89.1 cm³/mol. The first-order valence-electron chi connectivity index (χ1n) is 7.14. The van der Waals surface area contributed by atoms with E-state index in [0.29, 0.717) is 5.92 Å². The van der Waals surface area contributed by atoms with Crippen LogP contribution in [-0.2, 0) is 0 Å². The first-order valence-corrected chi connectivity index (χ1v) is 7.95. The molecular weight excluding hydrogens is 264 g/mol. The van der Waals surface area contributed by atoms with Crippen molar-refractivity contribution in [1.29, 1.82) is 0 Å². The molecule has 0 aliphatic rings. The summed E-state index contributed by atoms with van der Waals surface area (Å²) >= 11 is 1.74. The molecule has 1 unspecified atom stereocenters. The summed E-state index contributed by atoms with van der Waals surface area (Å²) in [6.07, 6.45) is 0. The number of benzene rings is 1. The maximum atomic E-state index is 4.54. The number of nitrogens with one attached hydrogen (secondary N) is 1. The van der Waals surface area contributed by atoms with E-state index in [1.807, 2.05) is 0 Å². The topological polar surface area (TPSA) is 24.9 Å². The Morgan fingerprint density at radius 1 is 1.10 bits per heavy atom. The fourth-order valence-electron chi connectivity index (χ4n) is 2.86. The summed E-state index contributed by atoms with van der Waals surface area (Å²) in [7, 11) is 0. The summed E-state index contributed by atoms with van der Waals surface area (Å²) in [6.45, 7) is 14.0. The van der Waals surface area contributed by atoms with Gasteiger partial charge in [0.1, 0.15) is 0 Å². The lowest BCUT2D eigenvalue weighted by Crippen LogP contribution is -2.12. The van der Waals surface area contributed by atoms with Gasteiger partial charge in [-0.3, -0.25) is 0 Å². The maximum Gasteiger partial charge on any atom is 0.183 e. The second kappa shape index (κ2) is 5.96. The van der Waals surface area contributed by atoms with Crippen molar-refractivity contribution in [2.24, 2.45) is 0 Å². The quantitative estimate of drug-likeness (QED) is 0.865. The van der Waals surface area contributed by atoms with Crippen LogP contribution in [0.15, 0.2) is 12.1 Å². The Balaban J connectivity index is 2.10. The molecule has 1 heterocycles. The Kier molecular flexibility index (Phi) is 4.48. The molecule has 3 heteroatoms. The van der Waals surface area contributed by atoms with E-state index in [4.69, 9.17) is 0 Å². The monoisotopic (exact) mass is 288 g/mol. The molecule has 1 atom stereocenters. The van der Waals surface area contributed by atoms with Gasteiger partial charge in [0, 0.05) is 11.4 Å². The zero-order valence-corrected chi connectivity index (χ0v) is 14.1. The van der Waals surface area contributed by atoms with E-state index in [0.717, 1.165) is 17.4 Å². The van der Waals surface area contributed by atoms with Crippen molar-refractivity contribution >= 4 is 16.5 Å². The van der Waals surface area contributed by atoms with Crippen LogP contribution in [0.3, 0.4) is 0 Å². The highest BCUT2D eigenvalue weighted by Crippen LogP contribution is 2.27. The first-order chi connectivity index (χ1) is 9.38. The van der Waals surface area contributed by atoms with Gasteiger partial charge in [0.2, 0.25) is 0 Å². The SMILES string of the molecule is Cc1cc(C)c(C(C)CNc2nc(C)c(C)s2)c(C)c1. The van der Waals surface area contributed by atoms with Crippen LogP contribution in [0, 0.1) is 34.6 Å². The second-order valence-electron chi connectivity index (χ2n) is 5.75. The molecule has 108 valence electrons. The highest BCUT2D eigenvalue weighted by molar-refractivity contribution is 7.15. The number of thiazole rings is 1. The number of anilines is 1. The van der Waals surface area contributed by atoms with E-state index in [1.165, 1.54) is 27.1 Å². The van der Waals surface area contributed by atoms with Crippen LogP contribution >= 0.6 is 11.3 Å². The lowest BCUT2D eigenvalue weighted by molar-refractivity contribution is 0.788. The highest BCUT2D eigenvalue weighted by Gasteiger charge is 2.13. The Labute approximate surface area is 126 Å². The third-order valence-electron chi connectivity index (χ3n) is 3.82. The number of aryl methyl sites for hydroxylation is 5. The van der Waals surface area contributed by atoms with Crippen LogP contribution in [-0.4, -0.2) is 11.5 Å². The van der Waals surface area contributed by atoms with Crippen LogP contribution in [0.5, 0.6) is 0 Å². The molecule has 0 fully saturated rings. The summed E-state index contributed by atoms with van der Waals surface area (Å²) in [5.74, 6) is 0.486. The summed E-state index contributed by atoms with van der Waals surface area (Å²) in [4.78, 5) is 5.84. The van der Waals surface area contributed by atoms with Gasteiger partial charge in [0.15, 0.2) is 5.13 Å². The van der Waals surface area contributed by atoms with Crippen molar-refractivity contribution in [2.75, 3.05) is 11.9 Å². The molecule has 0 amide bonds. The van der Waals surface area contributed by atoms with Gasteiger partial charge in [-0.1, -0.05) is 24.6 Å². The van der Waals surface area contributed by atoms with Crippen LogP contribution in [0.4, 0.5) is 5.13 Å². The molecule has 0 aliphatic carbocycles. The van der Waals surface area contributed by atoms with Crippen molar-refractivity contribution in [3.05, 3.63) is 45.0 Å². The summed E-state index contributed by atoms with van der Waals surface area (Å²) in [5, 5.41) is 4.52. The third kappa shape index (κ3) is 3.21. The van der Waals surface area contributed by atoms with Gasteiger partial charge in [-0.2, -0.15) is 0 Å². The van der Waals surface area contributed by atoms with E-state index in [9.17, 15) is 0 Å². The molecular formula is C17H24N2S. The average Bonchev–Trinajstić information content (AvgIpc) is 2.65. The highest BCUT2D eigenvalue weighted by atomic mass is 32.1. The Bertz CT molecular complexity index is 571. The zero-order chi connectivity index (χ0) is 14.9. The number of aromatic nitrogens is 1. The standard InChI is InChI=1S/C17H24N2S/c1-10-7-11(2)16(12(3)8-10)13(4)9-18-17-19-14(5)15(6)20-17/h7-8,13H,9H2,1-6H3,(H,18,19). The molecule has 1 N–H and O–H groups in total. The van der Waals surface area contributed by atoms with E-state index in [1.54, 1.807) is 11.3 Å². The van der Waals surface area contributed by atoms with Crippen LogP contribution in [0.1, 0.15) is 45.7 Å². The van der Waals surface area contributed by atoms with Crippen LogP contribution < -0.4 is 5.32 Å². The molecule has 2 aromatic rings. The Hall–Kier alpha value is -1.35. The van der Waals surface area contributed by atoms with E-state index >= 15 is 0 Å². The predicted octanol–water partition coefficient (Wildman–Crippen LogP) is 4.90. The molecule has 0 radical (unpaired) electrons. The summed E-state index contributed by atoms with van der Waals surface area (Å²) in [5.41, 5.74) is 6.72. The van der Waals surface area contributed by atoms with E-state index < -0.39 is 0 Å². The molecule has 0 aliphatic heterocycles. The third-order valence-corrected chi connectivity index (χ3v) is 4.85. The van der Waals surface area contributed by atoms with E-state index in [-0.39, 0.29) is 0 Å². The molecule has 0 bridgehead atoms. The van der Waals surface area contributed by atoms with Gasteiger partial charge >= 0.3 is 0 Å². The number of rotatable bonds is 4. The molecule has 0 saturated heterocycles. The smallest absolute Gasteiger partial charge is 0.183 e. The molecule has 2 nitrogen and oxygen atoms in total. The zero-order valence-electron chi connectivity index (χ0n) is 13.3. The maximum absolute atomic E-state index is 4.54. The molecule has 0 spiro atoms. The average molecular weight is 288 g/mol. The minimum atomic E-state index is 0.486. The molecule has 1 aromatic carbocycles. The van der Waals surface area contributed by atoms with Gasteiger partial charge in [-0.15, -0.1) is 11.3 Å². The lowest BCUT2D eigenvalue weighted by atomic mass is 9.90. The largest absolute Gasteiger partial charge is 0.361 e. The van der Waals surface area contributed by atoms with Crippen molar-refractivity contribution in [1.82, 2.24) is 4.98 Å². The molecule has 2 rings (SSSR count). The lowest BCUT2D eigenvalue weighted by Gasteiger charge is -2.18. The first kappa shape index (κ1) is 15.0. The van der Waals surface area contributed by atoms with Crippen LogP contribution in [0.2, 0.25) is 0 Å². The number of nitrogens with zero attached hydrogens (tertiary/aromatic N) is 1.